The first-order chi connectivity index (χ1) is 9.26. The first kappa shape index (κ1) is 16.0. The predicted octanol–water partition coefficient (Wildman–Crippen LogP) is 1.74. The van der Waals surface area contributed by atoms with Crippen LogP contribution < -0.4 is 16.0 Å². The second-order valence-corrected chi connectivity index (χ2v) is 4.03. The first-order valence-electron chi connectivity index (χ1n) is 5.71. The van der Waals surface area contributed by atoms with Gasteiger partial charge in [-0.25, -0.2) is 0 Å². The molecular weight excluding hydrogens is 275 g/mol. The van der Waals surface area contributed by atoms with Gasteiger partial charge >= 0.3 is 6.18 Å². The molecule has 0 saturated carbocycles. The number of carbonyl (C=O) groups is 2. The highest BCUT2D eigenvalue weighted by atomic mass is 19.4. The van der Waals surface area contributed by atoms with Gasteiger partial charge in [-0.2, -0.15) is 13.2 Å². The molecule has 0 atom stereocenters. The predicted molar refractivity (Wildman–Crippen MR) is 68.3 cm³/mol. The summed E-state index contributed by atoms with van der Waals surface area (Å²) in [6.45, 7) is -0.295. The van der Waals surface area contributed by atoms with Crippen LogP contribution in [0.1, 0.15) is 6.92 Å². The van der Waals surface area contributed by atoms with E-state index < -0.39 is 25.2 Å². The van der Waals surface area contributed by atoms with E-state index in [9.17, 15) is 22.8 Å². The maximum absolute atomic E-state index is 11.9. The molecule has 1 aromatic carbocycles. The van der Waals surface area contributed by atoms with Gasteiger partial charge in [0.1, 0.15) is 0 Å². The zero-order valence-corrected chi connectivity index (χ0v) is 10.7. The molecule has 0 saturated heterocycles. The van der Waals surface area contributed by atoms with Gasteiger partial charge in [0.25, 0.3) is 0 Å². The van der Waals surface area contributed by atoms with Crippen LogP contribution in [-0.2, 0) is 9.59 Å². The van der Waals surface area contributed by atoms with Gasteiger partial charge in [-0.15, -0.1) is 0 Å². The summed E-state index contributed by atoms with van der Waals surface area (Å²) in [7, 11) is 0. The van der Waals surface area contributed by atoms with Crippen molar-refractivity contribution in [2.45, 2.75) is 13.1 Å². The van der Waals surface area contributed by atoms with Crippen molar-refractivity contribution in [2.24, 2.45) is 0 Å². The lowest BCUT2D eigenvalue weighted by Gasteiger charge is -2.09. The normalized spacial score (nSPS) is 11.0. The molecule has 5 nitrogen and oxygen atoms in total. The largest absolute Gasteiger partial charge is 0.401 e. The number of halogens is 3. The van der Waals surface area contributed by atoms with Crippen molar-refractivity contribution in [1.29, 1.82) is 0 Å². The molecule has 0 radical (unpaired) electrons. The molecule has 8 heteroatoms. The van der Waals surface area contributed by atoms with Gasteiger partial charge in [-0.1, -0.05) is 0 Å². The molecule has 0 fully saturated rings. The number of anilines is 2. The van der Waals surface area contributed by atoms with Gasteiger partial charge in [-0.3, -0.25) is 9.59 Å². The Kier molecular flexibility index (Phi) is 5.51. The van der Waals surface area contributed by atoms with Crippen LogP contribution >= 0.6 is 0 Å². The van der Waals surface area contributed by atoms with Crippen molar-refractivity contribution in [3.05, 3.63) is 24.3 Å². The van der Waals surface area contributed by atoms with Gasteiger partial charge < -0.3 is 16.0 Å². The maximum Gasteiger partial charge on any atom is 0.401 e. The zero-order valence-electron chi connectivity index (χ0n) is 10.7. The van der Waals surface area contributed by atoms with E-state index in [4.69, 9.17) is 0 Å². The molecule has 0 heterocycles. The molecule has 0 aliphatic rings. The molecule has 3 N–H and O–H groups in total. The summed E-state index contributed by atoms with van der Waals surface area (Å²) < 4.78 is 35.6. The lowest BCUT2D eigenvalue weighted by molar-refractivity contribution is -0.127. The van der Waals surface area contributed by atoms with Crippen LogP contribution in [0.15, 0.2) is 24.3 Å². The highest BCUT2D eigenvalue weighted by molar-refractivity contribution is 5.93. The lowest BCUT2D eigenvalue weighted by Crippen LogP contribution is -2.35. The van der Waals surface area contributed by atoms with E-state index in [1.165, 1.54) is 19.1 Å². The molecule has 0 spiro atoms. The van der Waals surface area contributed by atoms with Crippen molar-refractivity contribution in [3.63, 3.8) is 0 Å². The maximum atomic E-state index is 11.9. The third-order valence-electron chi connectivity index (χ3n) is 2.10. The molecule has 0 aliphatic carbocycles. The summed E-state index contributed by atoms with van der Waals surface area (Å²) in [5, 5.41) is 6.96. The first-order valence-corrected chi connectivity index (χ1v) is 5.71. The number of hydrogen-bond donors (Lipinski definition) is 3. The van der Waals surface area contributed by atoms with Gasteiger partial charge in [0.05, 0.1) is 13.1 Å². The van der Waals surface area contributed by atoms with Crippen LogP contribution in [-0.4, -0.2) is 31.1 Å². The summed E-state index contributed by atoms with van der Waals surface area (Å²) in [5.74, 6) is -0.806. The summed E-state index contributed by atoms with van der Waals surface area (Å²) in [4.78, 5) is 22.1. The molecule has 20 heavy (non-hydrogen) atoms. The van der Waals surface area contributed by atoms with Crippen molar-refractivity contribution in [2.75, 3.05) is 23.7 Å². The molecule has 0 bridgehead atoms. The Morgan fingerprint density at radius 3 is 2.00 bits per heavy atom. The monoisotopic (exact) mass is 289 g/mol. The molecule has 1 rings (SSSR count). The van der Waals surface area contributed by atoms with Crippen molar-refractivity contribution >= 4 is 23.2 Å². The third-order valence-corrected chi connectivity index (χ3v) is 2.10. The van der Waals surface area contributed by atoms with E-state index in [1.807, 2.05) is 5.32 Å². The number of rotatable bonds is 5. The topological polar surface area (TPSA) is 70.2 Å². The third kappa shape index (κ3) is 6.74. The standard InChI is InChI=1S/C12H14F3N3O2/c1-8(19)17-9-2-4-10(5-3-9)18-11(20)6-16-7-12(13,14)15/h2-5,16H,6-7H2,1H3,(H,17,19)(H,18,20). The van der Waals surface area contributed by atoms with Crippen molar-refractivity contribution < 1.29 is 22.8 Å². The molecule has 110 valence electrons. The molecule has 0 aromatic heterocycles. The van der Waals surface area contributed by atoms with Crippen LogP contribution in [0.25, 0.3) is 0 Å². The Labute approximate surface area is 113 Å². The van der Waals surface area contributed by atoms with E-state index in [0.29, 0.717) is 11.4 Å². The Balaban J connectivity index is 2.40. The van der Waals surface area contributed by atoms with Crippen molar-refractivity contribution in [1.82, 2.24) is 5.32 Å². The fraction of sp³-hybridized carbons (Fsp3) is 0.333. The molecule has 2 amide bonds. The number of alkyl halides is 3. The summed E-state index contributed by atoms with van der Waals surface area (Å²) in [5.41, 5.74) is 0.989. The SMILES string of the molecule is CC(=O)Nc1ccc(NC(=O)CNCC(F)(F)F)cc1. The Bertz CT molecular complexity index is 472. The average Bonchev–Trinajstić information content (AvgIpc) is 2.29. The average molecular weight is 289 g/mol. The van der Waals surface area contributed by atoms with E-state index in [1.54, 1.807) is 12.1 Å². The smallest absolute Gasteiger partial charge is 0.326 e. The van der Waals surface area contributed by atoms with Crippen LogP contribution in [0.4, 0.5) is 24.5 Å². The number of hydrogen-bond acceptors (Lipinski definition) is 3. The second kappa shape index (κ2) is 6.90. The second-order valence-electron chi connectivity index (χ2n) is 4.03. The van der Waals surface area contributed by atoms with Gasteiger partial charge in [0, 0.05) is 18.3 Å². The minimum atomic E-state index is -4.35. The molecule has 1 aromatic rings. The number of amides is 2. The highest BCUT2D eigenvalue weighted by Crippen LogP contribution is 2.14. The van der Waals surface area contributed by atoms with E-state index in [2.05, 4.69) is 10.6 Å². The summed E-state index contributed by atoms with van der Waals surface area (Å²) in [6.07, 6.45) is -4.35. The van der Waals surface area contributed by atoms with Crippen LogP contribution in [0.5, 0.6) is 0 Å². The van der Waals surface area contributed by atoms with E-state index in [-0.39, 0.29) is 5.91 Å². The summed E-state index contributed by atoms with van der Waals surface area (Å²) in [6, 6.07) is 6.21. The summed E-state index contributed by atoms with van der Waals surface area (Å²) >= 11 is 0. The highest BCUT2D eigenvalue weighted by Gasteiger charge is 2.26. The van der Waals surface area contributed by atoms with Crippen LogP contribution in [0.3, 0.4) is 0 Å². The fourth-order valence-electron chi connectivity index (χ4n) is 1.36. The van der Waals surface area contributed by atoms with E-state index in [0.717, 1.165) is 0 Å². The molecular formula is C12H14F3N3O2. The zero-order chi connectivity index (χ0) is 15.2. The minimum absolute atomic E-state index is 0.224. The lowest BCUT2D eigenvalue weighted by atomic mass is 10.2. The van der Waals surface area contributed by atoms with E-state index >= 15 is 0 Å². The van der Waals surface area contributed by atoms with Crippen LogP contribution in [0.2, 0.25) is 0 Å². The molecule has 0 unspecified atom stereocenters. The van der Waals surface area contributed by atoms with Crippen molar-refractivity contribution in [3.8, 4) is 0 Å². The Morgan fingerprint density at radius 2 is 1.55 bits per heavy atom. The van der Waals surface area contributed by atoms with Gasteiger partial charge in [0.15, 0.2) is 0 Å². The van der Waals surface area contributed by atoms with Crippen LogP contribution in [0, 0.1) is 0 Å². The molecule has 0 aliphatic heterocycles. The number of benzene rings is 1. The Morgan fingerprint density at radius 1 is 1.05 bits per heavy atom. The fourth-order valence-corrected chi connectivity index (χ4v) is 1.36. The quantitative estimate of drug-likeness (QED) is 0.773. The number of carbonyl (C=O) groups excluding carboxylic acids is 2. The minimum Gasteiger partial charge on any atom is -0.326 e. The Hall–Kier alpha value is -2.09. The van der Waals surface area contributed by atoms with Gasteiger partial charge in [-0.05, 0) is 24.3 Å². The van der Waals surface area contributed by atoms with Gasteiger partial charge in [0.2, 0.25) is 11.8 Å². The number of nitrogens with one attached hydrogen (secondary N) is 3.